The summed E-state index contributed by atoms with van der Waals surface area (Å²) in [6.07, 6.45) is 1.86. The summed E-state index contributed by atoms with van der Waals surface area (Å²) in [5.74, 6) is -3.52. The smallest absolute Gasteiger partial charge is 0.313 e. The standard InChI is InChI=1S/C25H29ClFN5O5S/c1-32-8-7-18-21(11-32)38-25(31-18)24(36)30-19-9-13(20(33)12-37-2)3-6-17(19)29-23(35)22(34)28-14-4-5-15(26)16(27)10-14/h4-5,10,13,17,19H,3,6-9,11-12H2,1-2H3,(H,28,34)(H,29,35)(H,30,36)/t13-,17-,19+/m0/s1. The van der Waals surface area contributed by atoms with Crippen LogP contribution in [-0.4, -0.2) is 72.8 Å². The summed E-state index contributed by atoms with van der Waals surface area (Å²) in [6.45, 7) is 1.54. The summed E-state index contributed by atoms with van der Waals surface area (Å²) in [4.78, 5) is 58.5. The number of ketones is 1. The molecule has 1 aliphatic heterocycles. The van der Waals surface area contributed by atoms with Crippen LogP contribution in [0.2, 0.25) is 5.02 Å². The lowest BCUT2D eigenvalue weighted by Gasteiger charge is -2.36. The average molecular weight is 566 g/mol. The van der Waals surface area contributed by atoms with Crippen LogP contribution < -0.4 is 16.0 Å². The molecule has 13 heteroatoms. The fourth-order valence-electron chi connectivity index (χ4n) is 4.70. The van der Waals surface area contributed by atoms with Crippen molar-refractivity contribution in [2.75, 3.05) is 32.6 Å². The number of nitrogens with one attached hydrogen (secondary N) is 3. The van der Waals surface area contributed by atoms with Gasteiger partial charge in [0.1, 0.15) is 12.4 Å². The van der Waals surface area contributed by atoms with Crippen molar-refractivity contribution in [2.45, 2.75) is 44.3 Å². The van der Waals surface area contributed by atoms with Crippen LogP contribution in [0.4, 0.5) is 10.1 Å². The number of thiazole rings is 1. The van der Waals surface area contributed by atoms with Crippen molar-refractivity contribution in [1.29, 1.82) is 0 Å². The lowest BCUT2D eigenvalue weighted by molar-refractivity contribution is -0.137. The summed E-state index contributed by atoms with van der Waals surface area (Å²) in [5.41, 5.74) is 0.986. The van der Waals surface area contributed by atoms with E-state index in [0.29, 0.717) is 17.8 Å². The molecule has 10 nitrogen and oxygen atoms in total. The molecule has 0 saturated heterocycles. The number of halogens is 2. The zero-order valence-corrected chi connectivity index (χ0v) is 22.6. The maximum atomic E-state index is 13.7. The highest BCUT2D eigenvalue weighted by Crippen LogP contribution is 2.28. The molecule has 0 radical (unpaired) electrons. The van der Waals surface area contributed by atoms with E-state index in [1.807, 2.05) is 7.05 Å². The monoisotopic (exact) mass is 565 g/mol. The van der Waals surface area contributed by atoms with Crippen LogP contribution in [0, 0.1) is 11.7 Å². The first-order valence-corrected chi connectivity index (χ1v) is 13.4. The highest BCUT2D eigenvalue weighted by atomic mass is 35.5. The van der Waals surface area contributed by atoms with Crippen molar-refractivity contribution in [3.8, 4) is 0 Å². The van der Waals surface area contributed by atoms with E-state index < -0.39 is 35.6 Å². The summed E-state index contributed by atoms with van der Waals surface area (Å²) in [6, 6.07) is 2.43. The van der Waals surface area contributed by atoms with Crippen LogP contribution in [0.15, 0.2) is 18.2 Å². The lowest BCUT2D eigenvalue weighted by atomic mass is 9.80. The number of hydrogen-bond acceptors (Lipinski definition) is 8. The maximum absolute atomic E-state index is 13.7. The Morgan fingerprint density at radius 1 is 1.18 bits per heavy atom. The largest absolute Gasteiger partial charge is 0.377 e. The van der Waals surface area contributed by atoms with Crippen LogP contribution in [0.5, 0.6) is 0 Å². The number of ether oxygens (including phenoxy) is 1. The maximum Gasteiger partial charge on any atom is 0.313 e. The Labute approximate surface area is 228 Å². The van der Waals surface area contributed by atoms with E-state index in [-0.39, 0.29) is 35.4 Å². The van der Waals surface area contributed by atoms with Gasteiger partial charge in [-0.25, -0.2) is 9.37 Å². The van der Waals surface area contributed by atoms with E-state index in [1.54, 1.807) is 0 Å². The van der Waals surface area contributed by atoms with Gasteiger partial charge in [-0.15, -0.1) is 11.3 Å². The summed E-state index contributed by atoms with van der Waals surface area (Å²) < 4.78 is 18.7. The molecule has 1 saturated carbocycles. The molecule has 4 rings (SSSR count). The third kappa shape index (κ3) is 6.73. The first kappa shape index (κ1) is 28.1. The molecular formula is C25H29ClFN5O5S. The zero-order chi connectivity index (χ0) is 27.4. The number of benzene rings is 1. The minimum Gasteiger partial charge on any atom is -0.377 e. The van der Waals surface area contributed by atoms with Gasteiger partial charge in [-0.05, 0) is 44.5 Å². The molecule has 2 aromatic rings. The van der Waals surface area contributed by atoms with Crippen molar-refractivity contribution in [3.63, 3.8) is 0 Å². The Kier molecular flexibility index (Phi) is 9.08. The third-order valence-corrected chi connectivity index (χ3v) is 8.11. The molecule has 1 aliphatic carbocycles. The second kappa shape index (κ2) is 12.3. The molecular weight excluding hydrogens is 537 g/mol. The van der Waals surface area contributed by atoms with Gasteiger partial charge in [0.05, 0.1) is 16.8 Å². The first-order valence-electron chi connectivity index (χ1n) is 12.2. The van der Waals surface area contributed by atoms with E-state index in [0.717, 1.165) is 36.1 Å². The molecule has 3 atom stereocenters. The summed E-state index contributed by atoms with van der Waals surface area (Å²) >= 11 is 6.99. The number of methoxy groups -OCH3 is 1. The van der Waals surface area contributed by atoms with Crippen LogP contribution in [0.3, 0.4) is 0 Å². The summed E-state index contributed by atoms with van der Waals surface area (Å²) in [7, 11) is 3.45. The normalized spacial score (nSPS) is 21.3. The molecule has 1 fully saturated rings. The summed E-state index contributed by atoms with van der Waals surface area (Å²) in [5, 5.41) is 8.14. The van der Waals surface area contributed by atoms with Crippen LogP contribution in [0.1, 0.15) is 39.6 Å². The number of nitrogens with zero attached hydrogens (tertiary/aromatic N) is 2. The number of amides is 3. The Morgan fingerprint density at radius 3 is 2.71 bits per heavy atom. The number of hydrogen-bond donors (Lipinski definition) is 3. The molecule has 3 amide bonds. The number of anilines is 1. The highest BCUT2D eigenvalue weighted by molar-refractivity contribution is 7.13. The van der Waals surface area contributed by atoms with Crippen molar-refractivity contribution >= 4 is 52.1 Å². The molecule has 0 unspecified atom stereocenters. The van der Waals surface area contributed by atoms with Gasteiger partial charge in [-0.1, -0.05) is 11.6 Å². The Morgan fingerprint density at radius 2 is 1.97 bits per heavy atom. The molecule has 3 N–H and O–H groups in total. The van der Waals surface area contributed by atoms with Crippen LogP contribution >= 0.6 is 22.9 Å². The predicted octanol–water partition coefficient (Wildman–Crippen LogP) is 2.16. The van der Waals surface area contributed by atoms with E-state index in [2.05, 4.69) is 25.8 Å². The number of Topliss-reactive ketones (excluding diaryl/α,β-unsaturated/α-hetero) is 1. The van der Waals surface area contributed by atoms with Crippen molar-refractivity contribution < 1.29 is 28.3 Å². The molecule has 1 aromatic heterocycles. The predicted molar refractivity (Wildman–Crippen MR) is 140 cm³/mol. The van der Waals surface area contributed by atoms with E-state index >= 15 is 0 Å². The number of carbonyl (C=O) groups is 4. The highest BCUT2D eigenvalue weighted by Gasteiger charge is 2.37. The average Bonchev–Trinajstić information content (AvgIpc) is 3.30. The fourth-order valence-corrected chi connectivity index (χ4v) is 5.91. The van der Waals surface area contributed by atoms with E-state index in [4.69, 9.17) is 16.3 Å². The van der Waals surface area contributed by atoms with Gasteiger partial charge in [0, 0.05) is 49.1 Å². The van der Waals surface area contributed by atoms with Gasteiger partial charge in [0.2, 0.25) is 0 Å². The fraction of sp³-hybridized carbons (Fsp3) is 0.480. The number of aromatic nitrogens is 1. The molecule has 0 bridgehead atoms. The van der Waals surface area contributed by atoms with Crippen molar-refractivity contribution in [1.82, 2.24) is 20.5 Å². The second-order valence-electron chi connectivity index (χ2n) is 9.53. The Hall–Kier alpha value is -2.93. The van der Waals surface area contributed by atoms with Crippen molar-refractivity contribution in [2.24, 2.45) is 5.92 Å². The molecule has 204 valence electrons. The third-order valence-electron chi connectivity index (χ3n) is 6.73. The lowest BCUT2D eigenvalue weighted by Crippen LogP contribution is -2.56. The van der Waals surface area contributed by atoms with Gasteiger partial charge in [-0.2, -0.15) is 0 Å². The molecule has 0 spiro atoms. The van der Waals surface area contributed by atoms with Gasteiger partial charge >= 0.3 is 11.8 Å². The molecule has 38 heavy (non-hydrogen) atoms. The number of carbonyl (C=O) groups excluding carboxylic acids is 4. The minimum absolute atomic E-state index is 0.0465. The second-order valence-corrected chi connectivity index (χ2v) is 11.0. The van der Waals surface area contributed by atoms with E-state index in [1.165, 1.54) is 30.6 Å². The van der Waals surface area contributed by atoms with Crippen LogP contribution in [0.25, 0.3) is 0 Å². The number of rotatable bonds is 7. The molecule has 2 heterocycles. The minimum atomic E-state index is -0.994. The zero-order valence-electron chi connectivity index (χ0n) is 21.0. The van der Waals surface area contributed by atoms with Crippen molar-refractivity contribution in [3.05, 3.63) is 44.6 Å². The molecule has 1 aromatic carbocycles. The number of likely N-dealkylation sites (N-methyl/N-ethyl adjacent to an activating group) is 1. The van der Waals surface area contributed by atoms with Gasteiger partial charge in [0.15, 0.2) is 10.8 Å². The van der Waals surface area contributed by atoms with Crippen LogP contribution in [-0.2, 0) is 32.1 Å². The Bertz CT molecular complexity index is 1240. The first-order chi connectivity index (χ1) is 18.1. The Balaban J connectivity index is 1.45. The quantitative estimate of drug-likeness (QED) is 0.439. The number of fused-ring (bicyclic) bond motifs is 1. The SMILES string of the molecule is COCC(=O)[C@H]1CC[C@H](NC(=O)C(=O)Nc2ccc(Cl)c(F)c2)[C@H](NC(=O)c2nc3c(s2)CN(C)CC3)C1. The van der Waals surface area contributed by atoms with Gasteiger partial charge in [-0.3, -0.25) is 19.2 Å². The van der Waals surface area contributed by atoms with Gasteiger partial charge in [0.25, 0.3) is 5.91 Å². The van der Waals surface area contributed by atoms with E-state index in [9.17, 15) is 23.6 Å². The van der Waals surface area contributed by atoms with Gasteiger partial charge < -0.3 is 25.6 Å². The topological polar surface area (TPSA) is 130 Å². The molecule has 2 aliphatic rings.